The topological polar surface area (TPSA) is 52.6 Å². The van der Waals surface area contributed by atoms with Crippen LogP contribution in [0.2, 0.25) is 0 Å². The number of esters is 2. The summed E-state index contributed by atoms with van der Waals surface area (Å²) >= 11 is 1.61. The number of carbonyl (C=O) groups excluding carboxylic acids is 2. The van der Waals surface area contributed by atoms with E-state index < -0.39 is 17.4 Å². The highest BCUT2D eigenvalue weighted by Crippen LogP contribution is 2.63. The van der Waals surface area contributed by atoms with Crippen LogP contribution in [0.15, 0.2) is 60.7 Å². The van der Waals surface area contributed by atoms with Gasteiger partial charge in [0.05, 0.1) is 19.5 Å². The molecule has 2 aromatic carbocycles. The van der Waals surface area contributed by atoms with E-state index in [9.17, 15) is 9.59 Å². The van der Waals surface area contributed by atoms with Crippen molar-refractivity contribution < 1.29 is 19.1 Å². The van der Waals surface area contributed by atoms with E-state index in [0.29, 0.717) is 6.42 Å². The van der Waals surface area contributed by atoms with Gasteiger partial charge in [0.25, 0.3) is 0 Å². The molecule has 2 atom stereocenters. The van der Waals surface area contributed by atoms with Gasteiger partial charge in [0.15, 0.2) is 5.41 Å². The van der Waals surface area contributed by atoms with E-state index in [4.69, 9.17) is 9.47 Å². The van der Waals surface area contributed by atoms with Crippen LogP contribution < -0.4 is 0 Å². The average molecular weight is 356 g/mol. The molecule has 1 fully saturated rings. The molecule has 25 heavy (non-hydrogen) atoms. The van der Waals surface area contributed by atoms with E-state index in [1.54, 1.807) is 11.8 Å². The lowest BCUT2D eigenvalue weighted by Gasteiger charge is -2.29. The van der Waals surface area contributed by atoms with E-state index in [1.807, 2.05) is 60.7 Å². The summed E-state index contributed by atoms with van der Waals surface area (Å²) in [6, 6.07) is 19.5. The minimum atomic E-state index is -1.35. The van der Waals surface area contributed by atoms with Crippen LogP contribution in [0, 0.1) is 5.41 Å². The summed E-state index contributed by atoms with van der Waals surface area (Å²) in [7, 11) is 2.63. The summed E-state index contributed by atoms with van der Waals surface area (Å²) in [6.45, 7) is 0. The Morgan fingerprint density at radius 2 is 1.36 bits per heavy atom. The number of carbonyl (C=O) groups is 2. The third kappa shape index (κ3) is 3.04. The first-order valence-corrected chi connectivity index (χ1v) is 9.00. The molecule has 4 nitrogen and oxygen atoms in total. The lowest BCUT2D eigenvalue weighted by atomic mass is 9.76. The Kier molecular flexibility index (Phi) is 5.13. The molecule has 1 aliphatic rings. The normalized spacial score (nSPS) is 21.5. The molecule has 0 spiro atoms. The largest absolute Gasteiger partial charge is 0.468 e. The Balaban J connectivity index is 2.10. The summed E-state index contributed by atoms with van der Waals surface area (Å²) in [6.07, 6.45) is 0.348. The molecule has 1 heterocycles. The lowest BCUT2D eigenvalue weighted by Crippen LogP contribution is -2.43. The van der Waals surface area contributed by atoms with Gasteiger partial charge in [-0.3, -0.25) is 9.59 Å². The van der Waals surface area contributed by atoms with Gasteiger partial charge in [0.2, 0.25) is 0 Å². The van der Waals surface area contributed by atoms with Crippen LogP contribution in [0.25, 0.3) is 0 Å². The predicted molar refractivity (Wildman–Crippen MR) is 97.0 cm³/mol. The predicted octanol–water partition coefficient (Wildman–Crippen LogP) is 3.94. The summed E-state index contributed by atoms with van der Waals surface area (Å²) in [4.78, 5) is 25.5. The van der Waals surface area contributed by atoms with Crippen molar-refractivity contribution in [3.63, 3.8) is 0 Å². The Morgan fingerprint density at radius 1 is 0.880 bits per heavy atom. The van der Waals surface area contributed by atoms with E-state index >= 15 is 0 Å². The molecule has 0 aliphatic carbocycles. The zero-order valence-corrected chi connectivity index (χ0v) is 15.0. The number of rotatable bonds is 4. The van der Waals surface area contributed by atoms with E-state index in [0.717, 1.165) is 11.1 Å². The van der Waals surface area contributed by atoms with Crippen LogP contribution in [-0.2, 0) is 19.1 Å². The highest BCUT2D eigenvalue weighted by atomic mass is 32.2. The van der Waals surface area contributed by atoms with Crippen molar-refractivity contribution in [3.05, 3.63) is 71.8 Å². The number of ether oxygens (including phenoxy) is 2. The fourth-order valence-corrected chi connectivity index (χ4v) is 5.25. The fourth-order valence-electron chi connectivity index (χ4n) is 3.41. The first-order chi connectivity index (χ1) is 12.1. The molecule has 0 bridgehead atoms. The maximum Gasteiger partial charge on any atom is 0.324 e. The number of benzene rings is 2. The SMILES string of the molecule is COC(=O)C1(C(=O)OC)C[C@H](c2ccccc2)S[C@H]1c1ccccc1. The van der Waals surface area contributed by atoms with Gasteiger partial charge >= 0.3 is 11.9 Å². The van der Waals surface area contributed by atoms with Gasteiger partial charge < -0.3 is 9.47 Å². The molecule has 130 valence electrons. The van der Waals surface area contributed by atoms with Gasteiger partial charge in [0.1, 0.15) is 0 Å². The molecule has 0 saturated carbocycles. The van der Waals surface area contributed by atoms with Crippen molar-refractivity contribution in [2.45, 2.75) is 16.9 Å². The molecule has 2 aromatic rings. The van der Waals surface area contributed by atoms with Gasteiger partial charge in [-0.25, -0.2) is 0 Å². The Labute approximate surface area is 151 Å². The summed E-state index contributed by atoms with van der Waals surface area (Å²) in [5.41, 5.74) is 0.653. The Hall–Kier alpha value is -2.27. The first-order valence-electron chi connectivity index (χ1n) is 8.05. The third-order valence-corrected chi connectivity index (χ3v) is 6.34. The van der Waals surface area contributed by atoms with Gasteiger partial charge in [-0.15, -0.1) is 11.8 Å². The highest BCUT2D eigenvalue weighted by molar-refractivity contribution is 8.00. The van der Waals surface area contributed by atoms with Gasteiger partial charge in [-0.2, -0.15) is 0 Å². The van der Waals surface area contributed by atoms with Crippen LogP contribution in [0.4, 0.5) is 0 Å². The molecule has 1 saturated heterocycles. The molecular weight excluding hydrogens is 336 g/mol. The second kappa shape index (κ2) is 7.31. The molecule has 0 unspecified atom stereocenters. The van der Waals surface area contributed by atoms with Crippen molar-refractivity contribution >= 4 is 23.7 Å². The van der Waals surface area contributed by atoms with Crippen molar-refractivity contribution in [1.29, 1.82) is 0 Å². The standard InChI is InChI=1S/C20H20O4S/c1-23-18(21)20(19(22)24-2)13-16(14-9-5-3-6-10-14)25-17(20)15-11-7-4-8-12-15/h3-12,16-17H,13H2,1-2H3/t16-,17+/m1/s1. The quantitative estimate of drug-likeness (QED) is 0.613. The summed E-state index contributed by atoms with van der Waals surface area (Å²) in [5.74, 6) is -1.08. The molecule has 3 rings (SSSR count). The minimum absolute atomic E-state index is 0.00426. The fraction of sp³-hybridized carbons (Fsp3) is 0.300. The minimum Gasteiger partial charge on any atom is -0.468 e. The summed E-state index contributed by atoms with van der Waals surface area (Å²) < 4.78 is 10.1. The molecule has 1 aliphatic heterocycles. The molecule has 0 aromatic heterocycles. The van der Waals surface area contributed by atoms with Gasteiger partial charge in [0, 0.05) is 5.25 Å². The van der Waals surface area contributed by atoms with Crippen molar-refractivity contribution in [3.8, 4) is 0 Å². The summed E-state index contributed by atoms with van der Waals surface area (Å²) in [5, 5.41) is -0.358. The number of methoxy groups -OCH3 is 2. The Bertz CT molecular complexity index is 729. The van der Waals surface area contributed by atoms with Crippen molar-refractivity contribution in [2.75, 3.05) is 14.2 Å². The number of hydrogen-bond donors (Lipinski definition) is 0. The van der Waals surface area contributed by atoms with Crippen LogP contribution in [-0.4, -0.2) is 26.2 Å². The Morgan fingerprint density at radius 3 is 1.84 bits per heavy atom. The number of hydrogen-bond acceptors (Lipinski definition) is 5. The van der Waals surface area contributed by atoms with E-state index in [1.165, 1.54) is 14.2 Å². The molecule has 5 heteroatoms. The van der Waals surface area contributed by atoms with Crippen LogP contribution in [0.1, 0.15) is 28.0 Å². The monoisotopic (exact) mass is 356 g/mol. The lowest BCUT2D eigenvalue weighted by molar-refractivity contribution is -0.169. The zero-order chi connectivity index (χ0) is 17.9. The first kappa shape index (κ1) is 17.5. The number of thioether (sulfide) groups is 1. The smallest absolute Gasteiger partial charge is 0.324 e. The average Bonchev–Trinajstić information content (AvgIpc) is 3.10. The van der Waals surface area contributed by atoms with Crippen LogP contribution in [0.5, 0.6) is 0 Å². The van der Waals surface area contributed by atoms with Crippen LogP contribution >= 0.6 is 11.8 Å². The van der Waals surface area contributed by atoms with E-state index in [-0.39, 0.29) is 10.5 Å². The van der Waals surface area contributed by atoms with E-state index in [2.05, 4.69) is 0 Å². The second-order valence-electron chi connectivity index (χ2n) is 5.98. The maximum absolute atomic E-state index is 12.8. The highest BCUT2D eigenvalue weighted by Gasteiger charge is 2.61. The molecular formula is C20H20O4S. The third-order valence-electron chi connectivity index (χ3n) is 4.63. The zero-order valence-electron chi connectivity index (χ0n) is 14.2. The van der Waals surface area contributed by atoms with Gasteiger partial charge in [-0.05, 0) is 17.5 Å². The van der Waals surface area contributed by atoms with Crippen molar-refractivity contribution in [1.82, 2.24) is 0 Å². The molecule has 0 N–H and O–H groups in total. The van der Waals surface area contributed by atoms with Crippen LogP contribution in [0.3, 0.4) is 0 Å². The second-order valence-corrected chi connectivity index (χ2v) is 7.30. The molecule has 0 radical (unpaired) electrons. The van der Waals surface area contributed by atoms with Gasteiger partial charge in [-0.1, -0.05) is 60.7 Å². The van der Waals surface area contributed by atoms with Crippen molar-refractivity contribution in [2.24, 2.45) is 5.41 Å². The maximum atomic E-state index is 12.8. The molecule has 0 amide bonds.